The van der Waals surface area contributed by atoms with Crippen LogP contribution < -0.4 is 5.32 Å². The van der Waals surface area contributed by atoms with Crippen molar-refractivity contribution in [1.82, 2.24) is 5.32 Å². The number of allylic oxidation sites excluding steroid dienone is 1. The van der Waals surface area contributed by atoms with Gasteiger partial charge in [0.2, 0.25) is 0 Å². The van der Waals surface area contributed by atoms with Gasteiger partial charge in [-0.3, -0.25) is 0 Å². The molecule has 0 aromatic heterocycles. The standard InChI is InChI=1S/C13H17NO/c1-2-4-11-9-10(6-7-13(11)15)12-5-3-8-14-12/h2,6-7,9,12,14-15H,1,3-5,8H2/t12-/m0/s1. The molecule has 0 unspecified atom stereocenters. The fourth-order valence-corrected chi connectivity index (χ4v) is 2.11. The van der Waals surface area contributed by atoms with Crippen LogP contribution in [0.2, 0.25) is 0 Å². The Balaban J connectivity index is 2.24. The first-order valence-corrected chi connectivity index (χ1v) is 5.47. The quantitative estimate of drug-likeness (QED) is 0.740. The lowest BCUT2D eigenvalue weighted by atomic mass is 10.0. The molecule has 0 radical (unpaired) electrons. The number of nitrogens with one attached hydrogen (secondary N) is 1. The van der Waals surface area contributed by atoms with Gasteiger partial charge in [0, 0.05) is 6.04 Å². The van der Waals surface area contributed by atoms with Gasteiger partial charge < -0.3 is 10.4 Å². The fraction of sp³-hybridized carbons (Fsp3) is 0.385. The van der Waals surface area contributed by atoms with Gasteiger partial charge >= 0.3 is 0 Å². The van der Waals surface area contributed by atoms with Crippen molar-refractivity contribution < 1.29 is 5.11 Å². The molecule has 1 aliphatic rings. The molecule has 1 fully saturated rings. The average Bonchev–Trinajstić information content (AvgIpc) is 2.75. The van der Waals surface area contributed by atoms with E-state index in [1.807, 2.05) is 12.1 Å². The fourth-order valence-electron chi connectivity index (χ4n) is 2.11. The number of aromatic hydroxyl groups is 1. The highest BCUT2D eigenvalue weighted by molar-refractivity contribution is 5.38. The highest BCUT2D eigenvalue weighted by Gasteiger charge is 2.16. The molecule has 2 heteroatoms. The highest BCUT2D eigenvalue weighted by atomic mass is 16.3. The van der Waals surface area contributed by atoms with Crippen LogP contribution in [-0.2, 0) is 6.42 Å². The predicted molar refractivity (Wildman–Crippen MR) is 62.0 cm³/mol. The summed E-state index contributed by atoms with van der Waals surface area (Å²) in [6.07, 6.45) is 4.98. The molecule has 1 heterocycles. The summed E-state index contributed by atoms with van der Waals surface area (Å²) in [7, 11) is 0. The summed E-state index contributed by atoms with van der Waals surface area (Å²) < 4.78 is 0. The first-order chi connectivity index (χ1) is 7.31. The Hall–Kier alpha value is -1.28. The lowest BCUT2D eigenvalue weighted by Gasteiger charge is -2.12. The van der Waals surface area contributed by atoms with Crippen LogP contribution >= 0.6 is 0 Å². The largest absolute Gasteiger partial charge is 0.508 e. The smallest absolute Gasteiger partial charge is 0.119 e. The van der Waals surface area contributed by atoms with Gasteiger partial charge in [0.15, 0.2) is 0 Å². The van der Waals surface area contributed by atoms with Gasteiger partial charge in [0.05, 0.1) is 0 Å². The summed E-state index contributed by atoms with van der Waals surface area (Å²) in [5.74, 6) is 0.372. The van der Waals surface area contributed by atoms with Crippen molar-refractivity contribution >= 4 is 0 Å². The lowest BCUT2D eigenvalue weighted by molar-refractivity contribution is 0.469. The molecule has 0 spiro atoms. The van der Waals surface area contributed by atoms with Crippen molar-refractivity contribution in [2.45, 2.75) is 25.3 Å². The molecule has 1 aliphatic heterocycles. The van der Waals surface area contributed by atoms with E-state index in [1.54, 1.807) is 6.07 Å². The van der Waals surface area contributed by atoms with Crippen molar-refractivity contribution in [1.29, 1.82) is 0 Å². The Labute approximate surface area is 90.6 Å². The lowest BCUT2D eigenvalue weighted by Crippen LogP contribution is -2.12. The predicted octanol–water partition coefficient (Wildman–Crippen LogP) is 2.55. The Bertz CT molecular complexity index is 354. The Kier molecular flexibility index (Phi) is 3.07. The third kappa shape index (κ3) is 2.21. The second kappa shape index (κ2) is 4.49. The molecule has 2 nitrogen and oxygen atoms in total. The normalized spacial score (nSPS) is 20.4. The van der Waals surface area contributed by atoms with Gasteiger partial charge in [-0.2, -0.15) is 0 Å². The van der Waals surface area contributed by atoms with Crippen molar-refractivity contribution in [3.05, 3.63) is 42.0 Å². The number of phenolic OH excluding ortho intramolecular Hbond substituents is 1. The van der Waals surface area contributed by atoms with Crippen LogP contribution in [0.25, 0.3) is 0 Å². The van der Waals surface area contributed by atoms with E-state index in [-0.39, 0.29) is 0 Å². The van der Waals surface area contributed by atoms with E-state index in [0.29, 0.717) is 11.8 Å². The van der Waals surface area contributed by atoms with Crippen LogP contribution in [0.4, 0.5) is 0 Å². The van der Waals surface area contributed by atoms with E-state index in [1.165, 1.54) is 18.4 Å². The van der Waals surface area contributed by atoms with Gasteiger partial charge in [-0.1, -0.05) is 18.2 Å². The molecule has 0 bridgehead atoms. The van der Waals surface area contributed by atoms with Crippen molar-refractivity contribution in [3.63, 3.8) is 0 Å². The van der Waals surface area contributed by atoms with Crippen molar-refractivity contribution in [3.8, 4) is 5.75 Å². The van der Waals surface area contributed by atoms with Crippen LogP contribution in [0.3, 0.4) is 0 Å². The zero-order valence-corrected chi connectivity index (χ0v) is 8.87. The van der Waals surface area contributed by atoms with Gasteiger partial charge in [0.25, 0.3) is 0 Å². The second-order valence-corrected chi connectivity index (χ2v) is 4.03. The maximum absolute atomic E-state index is 9.64. The van der Waals surface area contributed by atoms with Crippen LogP contribution in [0, 0.1) is 0 Å². The molecule has 15 heavy (non-hydrogen) atoms. The molecule has 0 amide bonds. The molecule has 2 N–H and O–H groups in total. The summed E-state index contributed by atoms with van der Waals surface area (Å²) in [6.45, 7) is 4.80. The molecule has 2 rings (SSSR count). The minimum absolute atomic E-state index is 0.372. The first-order valence-electron chi connectivity index (χ1n) is 5.47. The number of hydrogen-bond acceptors (Lipinski definition) is 2. The van der Waals surface area contributed by atoms with Crippen molar-refractivity contribution in [2.75, 3.05) is 6.54 Å². The Morgan fingerprint density at radius 3 is 3.07 bits per heavy atom. The number of hydrogen-bond donors (Lipinski definition) is 2. The van der Waals surface area contributed by atoms with Gasteiger partial charge in [-0.05, 0) is 43.0 Å². The molecule has 1 aromatic carbocycles. The summed E-state index contributed by atoms with van der Waals surface area (Å²) in [5.41, 5.74) is 2.25. The zero-order valence-electron chi connectivity index (χ0n) is 8.87. The van der Waals surface area contributed by atoms with Crippen LogP contribution in [-0.4, -0.2) is 11.7 Å². The first kappa shape index (κ1) is 10.2. The minimum atomic E-state index is 0.372. The Morgan fingerprint density at radius 2 is 2.40 bits per heavy atom. The van der Waals surface area contributed by atoms with Crippen LogP contribution in [0.5, 0.6) is 5.75 Å². The zero-order chi connectivity index (χ0) is 10.7. The molecule has 0 aliphatic carbocycles. The minimum Gasteiger partial charge on any atom is -0.508 e. The second-order valence-electron chi connectivity index (χ2n) is 4.03. The molecule has 1 aromatic rings. The molecular weight excluding hydrogens is 186 g/mol. The van der Waals surface area contributed by atoms with Gasteiger partial charge in [0.1, 0.15) is 5.75 Å². The number of rotatable bonds is 3. The average molecular weight is 203 g/mol. The van der Waals surface area contributed by atoms with E-state index < -0.39 is 0 Å². The summed E-state index contributed by atoms with van der Waals surface area (Å²) in [5, 5.41) is 13.1. The molecule has 1 saturated heterocycles. The van der Waals surface area contributed by atoms with E-state index in [2.05, 4.69) is 18.0 Å². The van der Waals surface area contributed by atoms with Crippen LogP contribution in [0.1, 0.15) is 30.0 Å². The molecule has 1 atom stereocenters. The molecule has 80 valence electrons. The number of phenols is 1. The number of benzene rings is 1. The van der Waals surface area contributed by atoms with Gasteiger partial charge in [-0.25, -0.2) is 0 Å². The topological polar surface area (TPSA) is 32.3 Å². The maximum Gasteiger partial charge on any atom is 0.119 e. The highest BCUT2D eigenvalue weighted by Crippen LogP contribution is 2.27. The molecular formula is C13H17NO. The van der Waals surface area contributed by atoms with E-state index in [9.17, 15) is 5.11 Å². The van der Waals surface area contributed by atoms with E-state index in [0.717, 1.165) is 18.5 Å². The molecule has 0 saturated carbocycles. The van der Waals surface area contributed by atoms with Crippen LogP contribution in [0.15, 0.2) is 30.9 Å². The monoisotopic (exact) mass is 203 g/mol. The Morgan fingerprint density at radius 1 is 1.53 bits per heavy atom. The third-order valence-corrected chi connectivity index (χ3v) is 2.93. The summed E-state index contributed by atoms with van der Waals surface area (Å²) in [4.78, 5) is 0. The maximum atomic E-state index is 9.64. The SMILES string of the molecule is C=CCc1cc([C@@H]2CCCN2)ccc1O. The van der Waals surface area contributed by atoms with Gasteiger partial charge in [-0.15, -0.1) is 6.58 Å². The van der Waals surface area contributed by atoms with E-state index >= 15 is 0 Å². The summed E-state index contributed by atoms with van der Waals surface area (Å²) >= 11 is 0. The summed E-state index contributed by atoms with van der Waals surface area (Å²) in [6, 6.07) is 6.34. The van der Waals surface area contributed by atoms with Crippen molar-refractivity contribution in [2.24, 2.45) is 0 Å². The third-order valence-electron chi connectivity index (χ3n) is 2.93. The van der Waals surface area contributed by atoms with E-state index in [4.69, 9.17) is 0 Å².